The fraction of sp³-hybridized carbons (Fsp3) is 0. The number of hydrogen-bond donors (Lipinski definition) is 1. The molecule has 0 aliphatic rings. The molecule has 0 bridgehead atoms. The normalized spacial score (nSPS) is 11.3. The van der Waals surface area contributed by atoms with Crippen LogP contribution in [0.4, 0.5) is 0 Å². The number of fused-ring (bicyclic) bond motifs is 2. The molecule has 4 aromatic rings. The van der Waals surface area contributed by atoms with Crippen molar-refractivity contribution in [1.29, 1.82) is 0 Å². The van der Waals surface area contributed by atoms with Crippen molar-refractivity contribution in [2.75, 3.05) is 0 Å². The van der Waals surface area contributed by atoms with Gasteiger partial charge in [-0.05, 0) is 29.7 Å². The van der Waals surface area contributed by atoms with Crippen molar-refractivity contribution in [2.45, 2.75) is 0 Å². The smallest absolute Gasteiger partial charge is 0.0885 e. The topological polar surface area (TPSA) is 28.7 Å². The van der Waals surface area contributed by atoms with Crippen molar-refractivity contribution in [3.63, 3.8) is 0 Å². The Balaban J connectivity index is 2.04. The van der Waals surface area contributed by atoms with Gasteiger partial charge in [0.1, 0.15) is 0 Å². The Kier molecular flexibility index (Phi) is 2.02. The van der Waals surface area contributed by atoms with Gasteiger partial charge in [-0.3, -0.25) is 4.98 Å². The van der Waals surface area contributed by atoms with Gasteiger partial charge in [0.2, 0.25) is 0 Å². The number of pyridine rings is 1. The average Bonchev–Trinajstić information content (AvgIpc) is 3.04. The maximum atomic E-state index is 4.35. The van der Waals surface area contributed by atoms with Crippen LogP contribution in [-0.4, -0.2) is 9.97 Å². The molecule has 3 heteroatoms. The number of rotatable bonds is 1. The monoisotopic (exact) mass is 250 g/mol. The van der Waals surface area contributed by atoms with Gasteiger partial charge in [-0.1, -0.05) is 18.2 Å². The summed E-state index contributed by atoms with van der Waals surface area (Å²) >= 11 is 1.82. The molecule has 18 heavy (non-hydrogen) atoms. The van der Waals surface area contributed by atoms with Gasteiger partial charge in [0.05, 0.1) is 11.0 Å². The largest absolute Gasteiger partial charge is 0.359 e. The minimum atomic E-state index is 1.02. The zero-order valence-electron chi connectivity index (χ0n) is 9.55. The summed E-state index contributed by atoms with van der Waals surface area (Å²) in [6.45, 7) is 0. The highest BCUT2D eigenvalue weighted by Gasteiger charge is 2.08. The lowest BCUT2D eigenvalue weighted by molar-refractivity contribution is 1.41. The van der Waals surface area contributed by atoms with Crippen molar-refractivity contribution in [2.24, 2.45) is 0 Å². The number of nitrogens with zero attached hydrogens (tertiary/aromatic N) is 1. The molecule has 3 heterocycles. The van der Waals surface area contributed by atoms with Crippen LogP contribution >= 0.6 is 11.3 Å². The second-order valence-corrected chi connectivity index (χ2v) is 5.33. The Labute approximate surface area is 108 Å². The number of thiophene rings is 1. The van der Waals surface area contributed by atoms with Crippen LogP contribution < -0.4 is 0 Å². The van der Waals surface area contributed by atoms with Crippen LogP contribution in [0.3, 0.4) is 0 Å². The zero-order valence-corrected chi connectivity index (χ0v) is 10.4. The van der Waals surface area contributed by atoms with Gasteiger partial charge in [0.15, 0.2) is 0 Å². The molecule has 86 valence electrons. The summed E-state index contributed by atoms with van der Waals surface area (Å²) in [7, 11) is 0. The van der Waals surface area contributed by atoms with Crippen LogP contribution in [0.1, 0.15) is 0 Å². The second kappa shape index (κ2) is 3.68. The van der Waals surface area contributed by atoms with Gasteiger partial charge in [-0.2, -0.15) is 0 Å². The Morgan fingerprint density at radius 3 is 2.94 bits per heavy atom. The van der Waals surface area contributed by atoms with E-state index in [0.717, 1.165) is 11.0 Å². The third-order valence-corrected chi connectivity index (χ3v) is 4.29. The summed E-state index contributed by atoms with van der Waals surface area (Å²) in [6.07, 6.45) is 3.81. The highest BCUT2D eigenvalue weighted by atomic mass is 32.1. The predicted octanol–water partition coefficient (Wildman–Crippen LogP) is 4.44. The molecular weight excluding hydrogens is 240 g/mol. The molecule has 3 aromatic heterocycles. The van der Waals surface area contributed by atoms with Crippen LogP contribution in [0.15, 0.2) is 54.9 Å². The molecule has 0 aliphatic heterocycles. The first-order valence-corrected chi connectivity index (χ1v) is 6.64. The molecule has 0 unspecified atom stereocenters. The van der Waals surface area contributed by atoms with Crippen LogP contribution in [0.25, 0.3) is 31.6 Å². The Morgan fingerprint density at radius 1 is 1.06 bits per heavy atom. The quantitative estimate of drug-likeness (QED) is 0.531. The number of hydrogen-bond acceptors (Lipinski definition) is 2. The molecule has 0 atom stereocenters. The van der Waals surface area contributed by atoms with E-state index >= 15 is 0 Å². The van der Waals surface area contributed by atoms with Crippen LogP contribution in [-0.2, 0) is 0 Å². The maximum Gasteiger partial charge on any atom is 0.0885 e. The Hall–Kier alpha value is -2.13. The summed E-state index contributed by atoms with van der Waals surface area (Å²) in [5.74, 6) is 0. The molecule has 0 amide bonds. The van der Waals surface area contributed by atoms with E-state index in [0.29, 0.717) is 0 Å². The number of aromatic nitrogens is 2. The van der Waals surface area contributed by atoms with E-state index in [1.165, 1.54) is 20.5 Å². The van der Waals surface area contributed by atoms with E-state index in [9.17, 15) is 0 Å². The van der Waals surface area contributed by atoms with Crippen molar-refractivity contribution >= 4 is 32.5 Å². The molecule has 2 nitrogen and oxygen atoms in total. The number of H-pyrrole nitrogens is 1. The summed E-state index contributed by atoms with van der Waals surface area (Å²) < 4.78 is 1.32. The fourth-order valence-corrected chi connectivity index (χ4v) is 3.37. The number of nitrogens with one attached hydrogen (secondary N) is 1. The minimum Gasteiger partial charge on any atom is -0.359 e. The summed E-state index contributed by atoms with van der Waals surface area (Å²) in [5.41, 5.74) is 3.36. The minimum absolute atomic E-state index is 1.02. The van der Waals surface area contributed by atoms with E-state index in [4.69, 9.17) is 0 Å². The van der Waals surface area contributed by atoms with E-state index in [1.807, 2.05) is 29.8 Å². The molecule has 4 rings (SSSR count). The Bertz CT molecular complexity index is 809. The number of benzene rings is 1. The van der Waals surface area contributed by atoms with Crippen molar-refractivity contribution < 1.29 is 0 Å². The van der Waals surface area contributed by atoms with Crippen LogP contribution in [0.5, 0.6) is 0 Å². The highest BCUT2D eigenvalue weighted by molar-refractivity contribution is 7.22. The maximum absolute atomic E-state index is 4.35. The molecule has 0 radical (unpaired) electrons. The lowest BCUT2D eigenvalue weighted by Gasteiger charge is -1.98. The average molecular weight is 250 g/mol. The molecule has 0 fully saturated rings. The van der Waals surface area contributed by atoms with Crippen molar-refractivity contribution in [3.8, 4) is 10.4 Å². The molecule has 0 aliphatic carbocycles. The highest BCUT2D eigenvalue weighted by Crippen LogP contribution is 2.35. The molecular formula is C15H10N2S. The lowest BCUT2D eigenvalue weighted by atomic mass is 10.1. The van der Waals surface area contributed by atoms with Gasteiger partial charge in [-0.15, -0.1) is 11.3 Å². The molecule has 1 aromatic carbocycles. The van der Waals surface area contributed by atoms with E-state index < -0.39 is 0 Å². The molecule has 0 saturated heterocycles. The van der Waals surface area contributed by atoms with Gasteiger partial charge in [-0.25, -0.2) is 0 Å². The standard InChI is InChI=1S/C15H10N2S/c1-2-4-13-10(3-1)9-14(18-13)11-5-7-16-12-6-8-17-15(11)12/h1-9,17H. The van der Waals surface area contributed by atoms with Crippen molar-refractivity contribution in [1.82, 2.24) is 9.97 Å². The van der Waals surface area contributed by atoms with Gasteiger partial charge >= 0.3 is 0 Å². The Morgan fingerprint density at radius 2 is 2.00 bits per heavy atom. The first-order valence-electron chi connectivity index (χ1n) is 5.83. The van der Waals surface area contributed by atoms with Crippen molar-refractivity contribution in [3.05, 3.63) is 54.9 Å². The second-order valence-electron chi connectivity index (χ2n) is 4.24. The molecule has 0 saturated carbocycles. The van der Waals surface area contributed by atoms with Gasteiger partial charge < -0.3 is 4.98 Å². The fourth-order valence-electron chi connectivity index (χ4n) is 2.28. The zero-order chi connectivity index (χ0) is 11.9. The van der Waals surface area contributed by atoms with Gasteiger partial charge in [0, 0.05) is 27.5 Å². The van der Waals surface area contributed by atoms with Gasteiger partial charge in [0.25, 0.3) is 0 Å². The first kappa shape index (κ1) is 9.85. The first-order chi connectivity index (χ1) is 8.92. The SMILES string of the molecule is c1ccc2sc(-c3ccnc4cc[nH]c34)cc2c1. The molecule has 1 N–H and O–H groups in total. The predicted molar refractivity (Wildman–Crippen MR) is 76.9 cm³/mol. The molecule has 0 spiro atoms. The van der Waals surface area contributed by atoms with E-state index in [1.54, 1.807) is 0 Å². The van der Waals surface area contributed by atoms with E-state index in [-0.39, 0.29) is 0 Å². The summed E-state index contributed by atoms with van der Waals surface area (Å²) in [5, 5.41) is 1.30. The third-order valence-electron chi connectivity index (χ3n) is 3.14. The van der Waals surface area contributed by atoms with Crippen LogP contribution in [0, 0.1) is 0 Å². The summed E-state index contributed by atoms with van der Waals surface area (Å²) in [6, 6.07) is 14.8. The number of aromatic amines is 1. The van der Waals surface area contributed by atoms with E-state index in [2.05, 4.69) is 46.4 Å². The summed E-state index contributed by atoms with van der Waals surface area (Å²) in [4.78, 5) is 8.91. The van der Waals surface area contributed by atoms with Crippen LogP contribution in [0.2, 0.25) is 0 Å². The lowest BCUT2D eigenvalue weighted by Crippen LogP contribution is -1.78. The third kappa shape index (κ3) is 1.38.